The summed E-state index contributed by atoms with van der Waals surface area (Å²) in [4.78, 5) is 0. The number of fused-ring (bicyclic) bond motifs is 13. The number of allylic oxidation sites excluding steroid dienone is 4. The van der Waals surface area contributed by atoms with Crippen LogP contribution in [0.3, 0.4) is 0 Å². The molecule has 0 heterocycles. The molecule has 294 valence electrons. The average Bonchev–Trinajstić information content (AvgIpc) is 3.69. The second kappa shape index (κ2) is 12.8. The van der Waals surface area contributed by atoms with E-state index in [1.54, 1.807) is 0 Å². The number of benzene rings is 10. The molecule has 0 atom stereocenters. The van der Waals surface area contributed by atoms with Crippen molar-refractivity contribution in [2.75, 3.05) is 0 Å². The summed E-state index contributed by atoms with van der Waals surface area (Å²) in [5, 5.41) is 12.9. The Morgan fingerprint density at radius 1 is 0.339 bits per heavy atom. The summed E-state index contributed by atoms with van der Waals surface area (Å²) in [5.41, 5.74) is 18.9. The van der Waals surface area contributed by atoms with Gasteiger partial charge < -0.3 is 0 Å². The van der Waals surface area contributed by atoms with E-state index in [-0.39, 0.29) is 10.8 Å². The molecule has 0 heteroatoms. The van der Waals surface area contributed by atoms with Gasteiger partial charge in [0.1, 0.15) is 0 Å². The van der Waals surface area contributed by atoms with Crippen LogP contribution in [-0.4, -0.2) is 0 Å². The molecule has 0 saturated heterocycles. The van der Waals surface area contributed by atoms with E-state index in [1.165, 1.54) is 132 Å². The second-order valence-electron chi connectivity index (χ2n) is 19.1. The van der Waals surface area contributed by atoms with Crippen LogP contribution in [0.4, 0.5) is 0 Å². The first-order chi connectivity index (χ1) is 30.3. The Labute approximate surface area is 363 Å². The monoisotopic (exact) mass is 790 g/mol. The highest BCUT2D eigenvalue weighted by molar-refractivity contribution is 6.25. The summed E-state index contributed by atoms with van der Waals surface area (Å²) in [7, 11) is 0. The molecule has 10 aromatic rings. The van der Waals surface area contributed by atoms with Gasteiger partial charge in [-0.1, -0.05) is 173 Å². The highest BCUT2D eigenvalue weighted by atomic mass is 14.4. The smallest absolute Gasteiger partial charge is 0.0159 e. The third-order valence-electron chi connectivity index (χ3n) is 15.1. The maximum absolute atomic E-state index is 2.51. The van der Waals surface area contributed by atoms with Crippen LogP contribution in [0, 0.1) is 0 Å². The highest BCUT2D eigenvalue weighted by Gasteiger charge is 2.38. The normalized spacial score (nSPS) is 15.7. The summed E-state index contributed by atoms with van der Waals surface area (Å²) in [5.74, 6) is 0. The molecular formula is C62H46. The van der Waals surface area contributed by atoms with Crippen LogP contribution in [0.5, 0.6) is 0 Å². The van der Waals surface area contributed by atoms with Gasteiger partial charge in [-0.25, -0.2) is 0 Å². The maximum Gasteiger partial charge on any atom is 0.0159 e. The lowest BCUT2D eigenvalue weighted by Crippen LogP contribution is -2.16. The molecule has 0 amide bonds. The zero-order valence-corrected chi connectivity index (χ0v) is 35.7. The van der Waals surface area contributed by atoms with E-state index in [0.717, 1.165) is 12.8 Å². The Morgan fingerprint density at radius 3 is 1.60 bits per heavy atom. The van der Waals surface area contributed by atoms with Crippen molar-refractivity contribution in [1.29, 1.82) is 0 Å². The number of rotatable bonds is 3. The van der Waals surface area contributed by atoms with E-state index in [2.05, 4.69) is 210 Å². The summed E-state index contributed by atoms with van der Waals surface area (Å²) in [6.07, 6.45) is 7.00. The van der Waals surface area contributed by atoms with Crippen molar-refractivity contribution in [2.24, 2.45) is 0 Å². The predicted molar refractivity (Wildman–Crippen MR) is 266 cm³/mol. The van der Waals surface area contributed by atoms with E-state index < -0.39 is 0 Å². The van der Waals surface area contributed by atoms with Gasteiger partial charge in [0, 0.05) is 10.8 Å². The summed E-state index contributed by atoms with van der Waals surface area (Å²) in [6, 6.07) is 65.1. The molecule has 0 nitrogen and oxygen atoms in total. The largest absolute Gasteiger partial charge is 0.0839 e. The summed E-state index contributed by atoms with van der Waals surface area (Å²) in [6.45, 7) is 9.60. The Kier molecular flexibility index (Phi) is 7.35. The van der Waals surface area contributed by atoms with Crippen LogP contribution in [0.2, 0.25) is 0 Å². The molecule has 10 aromatic carbocycles. The molecular weight excluding hydrogens is 745 g/mol. The standard InChI is InChI=1S/C62H46/c1-61(2)57-23-13-11-21-47(57)49-29-26-39(33-59(49)61)52-35-56-46-28-25-38(51-31-37-15-5-6-16-41(37)42-17-7-8-18-43(42)51)32-54(46)53(36-55(56)45-20-10-9-19-44(45)52)40-27-30-50-48-22-12-14-24-58(48)62(3,4)60(50)34-40/h5-10,12-20,22-36H,11,21H2,1-4H3. The first-order valence-electron chi connectivity index (χ1n) is 22.4. The van der Waals surface area contributed by atoms with Gasteiger partial charge in [0.15, 0.2) is 0 Å². The van der Waals surface area contributed by atoms with Crippen molar-refractivity contribution in [2.45, 2.75) is 51.4 Å². The molecule has 3 aliphatic carbocycles. The van der Waals surface area contributed by atoms with Crippen molar-refractivity contribution in [1.82, 2.24) is 0 Å². The first-order valence-corrected chi connectivity index (χ1v) is 22.4. The highest BCUT2D eigenvalue weighted by Crippen LogP contribution is 2.53. The topological polar surface area (TPSA) is 0 Å². The lowest BCUT2D eigenvalue weighted by molar-refractivity contribution is 0.651. The molecule has 62 heavy (non-hydrogen) atoms. The van der Waals surface area contributed by atoms with Gasteiger partial charge in [-0.15, -0.1) is 0 Å². The molecule has 0 saturated carbocycles. The Balaban J connectivity index is 1.09. The van der Waals surface area contributed by atoms with Crippen molar-refractivity contribution in [3.63, 3.8) is 0 Å². The SMILES string of the molecule is CC1(C)C2=C(CCC=C2)c2ccc(-c3cc4c5ccc(-c6cc7ccccc7c7ccccc67)cc5c(-c5ccc6c(c5)C(C)(C)c5ccccc5-6)cc4c4ccccc34)cc21. The minimum absolute atomic E-state index is 0.0268. The fourth-order valence-corrected chi connectivity index (χ4v) is 12.0. The van der Waals surface area contributed by atoms with Crippen molar-refractivity contribution < 1.29 is 0 Å². The Morgan fingerprint density at radius 2 is 0.855 bits per heavy atom. The van der Waals surface area contributed by atoms with Gasteiger partial charge in [-0.2, -0.15) is 0 Å². The molecule has 0 fully saturated rings. The minimum atomic E-state index is -0.0964. The Hall–Kier alpha value is -7.02. The number of hydrogen-bond acceptors (Lipinski definition) is 0. The zero-order valence-electron chi connectivity index (χ0n) is 35.7. The lowest BCUT2D eigenvalue weighted by Gasteiger charge is -2.24. The molecule has 3 aliphatic rings. The van der Waals surface area contributed by atoms with Gasteiger partial charge >= 0.3 is 0 Å². The third kappa shape index (κ3) is 4.90. The van der Waals surface area contributed by atoms with Gasteiger partial charge in [0.25, 0.3) is 0 Å². The van der Waals surface area contributed by atoms with Crippen molar-refractivity contribution >= 4 is 59.4 Å². The van der Waals surface area contributed by atoms with E-state index in [1.807, 2.05) is 0 Å². The third-order valence-corrected chi connectivity index (χ3v) is 15.1. The van der Waals surface area contributed by atoms with Crippen LogP contribution < -0.4 is 0 Å². The molecule has 0 unspecified atom stereocenters. The Bertz CT molecular complexity index is 3680. The predicted octanol–water partition coefficient (Wildman–Crippen LogP) is 17.2. The fraction of sp³-hybridized carbons (Fsp3) is 0.129. The van der Waals surface area contributed by atoms with Crippen molar-refractivity contribution in [3.05, 3.63) is 210 Å². The second-order valence-corrected chi connectivity index (χ2v) is 19.1. The average molecular weight is 791 g/mol. The summed E-state index contributed by atoms with van der Waals surface area (Å²) < 4.78 is 0. The van der Waals surface area contributed by atoms with Crippen LogP contribution >= 0.6 is 0 Å². The van der Waals surface area contributed by atoms with E-state index in [0.29, 0.717) is 0 Å². The van der Waals surface area contributed by atoms with E-state index >= 15 is 0 Å². The molecule has 0 aliphatic heterocycles. The van der Waals surface area contributed by atoms with Crippen LogP contribution in [0.15, 0.2) is 188 Å². The molecule has 0 aromatic heterocycles. The van der Waals surface area contributed by atoms with Crippen LogP contribution in [0.1, 0.15) is 62.8 Å². The molecule has 13 rings (SSSR count). The fourth-order valence-electron chi connectivity index (χ4n) is 12.0. The van der Waals surface area contributed by atoms with Gasteiger partial charge in [-0.05, 0) is 181 Å². The van der Waals surface area contributed by atoms with Crippen LogP contribution in [-0.2, 0) is 10.8 Å². The maximum atomic E-state index is 2.51. The first kappa shape index (κ1) is 35.7. The molecule has 0 radical (unpaired) electrons. The number of hydrogen-bond donors (Lipinski definition) is 0. The molecule has 0 bridgehead atoms. The quantitative estimate of drug-likeness (QED) is 0.156. The van der Waals surface area contributed by atoms with Gasteiger partial charge in [0.05, 0.1) is 0 Å². The van der Waals surface area contributed by atoms with E-state index in [9.17, 15) is 0 Å². The zero-order chi connectivity index (χ0) is 41.5. The van der Waals surface area contributed by atoms with Crippen LogP contribution in [0.25, 0.3) is 104 Å². The molecule has 0 N–H and O–H groups in total. The lowest BCUT2D eigenvalue weighted by atomic mass is 9.79. The summed E-state index contributed by atoms with van der Waals surface area (Å²) >= 11 is 0. The molecule has 0 spiro atoms. The van der Waals surface area contributed by atoms with Gasteiger partial charge in [-0.3, -0.25) is 0 Å². The van der Waals surface area contributed by atoms with E-state index in [4.69, 9.17) is 0 Å². The van der Waals surface area contributed by atoms with Crippen molar-refractivity contribution in [3.8, 4) is 44.5 Å². The minimum Gasteiger partial charge on any atom is -0.0839 e. The van der Waals surface area contributed by atoms with Gasteiger partial charge in [0.2, 0.25) is 0 Å².